The second-order valence-electron chi connectivity index (χ2n) is 4.55. The molecule has 0 spiro atoms. The lowest BCUT2D eigenvalue weighted by atomic mass is 10.2. The summed E-state index contributed by atoms with van der Waals surface area (Å²) in [4.78, 5) is 0. The van der Waals surface area contributed by atoms with Crippen LogP contribution in [0.25, 0.3) is 0 Å². The van der Waals surface area contributed by atoms with E-state index in [1.165, 1.54) is 30.7 Å². The summed E-state index contributed by atoms with van der Waals surface area (Å²) < 4.78 is 2.07. The second-order valence-corrected chi connectivity index (χ2v) is 6.07. The van der Waals surface area contributed by atoms with Crippen LogP contribution in [0.2, 0.25) is 0 Å². The van der Waals surface area contributed by atoms with Crippen molar-refractivity contribution in [3.05, 3.63) is 18.0 Å². The third-order valence-electron chi connectivity index (χ3n) is 3.48. The van der Waals surface area contributed by atoms with E-state index < -0.39 is 0 Å². The maximum absolute atomic E-state index is 4.31. The maximum atomic E-state index is 4.31. The lowest BCUT2D eigenvalue weighted by Crippen LogP contribution is -2.34. The van der Waals surface area contributed by atoms with E-state index in [1.54, 1.807) is 0 Å². The molecular formula is C13H23N3S. The third-order valence-corrected chi connectivity index (χ3v) is 4.81. The average molecular weight is 253 g/mol. The van der Waals surface area contributed by atoms with Crippen molar-refractivity contribution < 1.29 is 0 Å². The van der Waals surface area contributed by atoms with Gasteiger partial charge < -0.3 is 5.32 Å². The van der Waals surface area contributed by atoms with Gasteiger partial charge in [-0.15, -0.1) is 0 Å². The molecular weight excluding hydrogens is 230 g/mol. The van der Waals surface area contributed by atoms with Gasteiger partial charge in [0.15, 0.2) is 0 Å². The number of hydrogen-bond acceptors (Lipinski definition) is 3. The van der Waals surface area contributed by atoms with Gasteiger partial charge in [-0.25, -0.2) is 0 Å². The molecule has 1 aromatic heterocycles. The van der Waals surface area contributed by atoms with E-state index in [0.29, 0.717) is 6.04 Å². The highest BCUT2D eigenvalue weighted by Gasteiger charge is 2.26. The van der Waals surface area contributed by atoms with Gasteiger partial charge in [0.2, 0.25) is 0 Å². The van der Waals surface area contributed by atoms with Crippen LogP contribution in [0.15, 0.2) is 12.3 Å². The van der Waals surface area contributed by atoms with Gasteiger partial charge in [-0.2, -0.15) is 16.9 Å². The van der Waals surface area contributed by atoms with E-state index in [0.717, 1.165) is 18.3 Å². The molecule has 1 N–H and O–H groups in total. The number of hydrogen-bond donors (Lipinski definition) is 1. The molecule has 0 saturated heterocycles. The molecule has 0 bridgehead atoms. The number of thioether (sulfide) groups is 1. The van der Waals surface area contributed by atoms with E-state index in [-0.39, 0.29) is 0 Å². The van der Waals surface area contributed by atoms with E-state index in [1.807, 2.05) is 6.20 Å². The predicted molar refractivity (Wildman–Crippen MR) is 74.3 cm³/mol. The van der Waals surface area contributed by atoms with Crippen LogP contribution in [0, 0.1) is 0 Å². The van der Waals surface area contributed by atoms with Gasteiger partial charge in [0.1, 0.15) is 0 Å². The van der Waals surface area contributed by atoms with Crippen molar-refractivity contribution in [1.82, 2.24) is 15.1 Å². The number of nitrogens with one attached hydrogen (secondary N) is 1. The largest absolute Gasteiger partial charge is 0.307 e. The Morgan fingerprint density at radius 1 is 1.47 bits per heavy atom. The SMILES string of the molecule is CCSC1CCCC1NCc1ccnn1CC. The van der Waals surface area contributed by atoms with E-state index in [2.05, 4.69) is 46.8 Å². The number of rotatable bonds is 6. The molecule has 17 heavy (non-hydrogen) atoms. The Hall–Kier alpha value is -0.480. The van der Waals surface area contributed by atoms with Crippen molar-refractivity contribution >= 4 is 11.8 Å². The first-order chi connectivity index (χ1) is 8.35. The summed E-state index contributed by atoms with van der Waals surface area (Å²) in [5.74, 6) is 1.23. The second kappa shape index (κ2) is 6.45. The van der Waals surface area contributed by atoms with Crippen LogP contribution >= 0.6 is 11.8 Å². The molecule has 96 valence electrons. The Balaban J connectivity index is 1.85. The summed E-state index contributed by atoms with van der Waals surface area (Å²) in [5.41, 5.74) is 1.31. The van der Waals surface area contributed by atoms with Gasteiger partial charge in [-0.05, 0) is 31.6 Å². The van der Waals surface area contributed by atoms with Crippen LogP contribution in [-0.4, -0.2) is 26.8 Å². The monoisotopic (exact) mass is 253 g/mol. The molecule has 1 saturated carbocycles. The summed E-state index contributed by atoms with van der Waals surface area (Å²) in [6.07, 6.45) is 5.98. The minimum absolute atomic E-state index is 0.695. The fourth-order valence-corrected chi connectivity index (χ4v) is 3.83. The van der Waals surface area contributed by atoms with Crippen LogP contribution < -0.4 is 5.32 Å². The smallest absolute Gasteiger partial charge is 0.0522 e. The molecule has 0 aliphatic heterocycles. The molecule has 0 amide bonds. The standard InChI is InChI=1S/C13H23N3S/c1-3-16-11(8-9-15-16)10-14-12-6-5-7-13(12)17-4-2/h8-9,12-14H,3-7,10H2,1-2H3. The molecule has 0 radical (unpaired) electrons. The third kappa shape index (κ3) is 3.26. The van der Waals surface area contributed by atoms with Crippen molar-refractivity contribution in [2.75, 3.05) is 5.75 Å². The highest BCUT2D eigenvalue weighted by atomic mass is 32.2. The number of nitrogens with zero attached hydrogens (tertiary/aromatic N) is 2. The van der Waals surface area contributed by atoms with Crippen LogP contribution in [-0.2, 0) is 13.1 Å². The van der Waals surface area contributed by atoms with E-state index >= 15 is 0 Å². The van der Waals surface area contributed by atoms with E-state index in [9.17, 15) is 0 Å². The first kappa shape index (κ1) is 13.0. The first-order valence-corrected chi connectivity index (χ1v) is 7.75. The maximum Gasteiger partial charge on any atom is 0.0522 e. The van der Waals surface area contributed by atoms with Gasteiger partial charge in [0.05, 0.1) is 5.69 Å². The van der Waals surface area contributed by atoms with Crippen molar-refractivity contribution in [2.45, 2.75) is 57.5 Å². The predicted octanol–water partition coefficient (Wildman–Crippen LogP) is 2.67. The molecule has 1 aliphatic rings. The van der Waals surface area contributed by atoms with Gasteiger partial charge in [0, 0.05) is 30.6 Å². The van der Waals surface area contributed by atoms with E-state index in [4.69, 9.17) is 0 Å². The summed E-state index contributed by atoms with van der Waals surface area (Å²) in [7, 11) is 0. The molecule has 0 aromatic carbocycles. The zero-order valence-electron chi connectivity index (χ0n) is 10.9. The zero-order valence-corrected chi connectivity index (χ0v) is 11.7. The Labute approximate surface area is 108 Å². The fraction of sp³-hybridized carbons (Fsp3) is 0.769. The normalized spacial score (nSPS) is 24.4. The molecule has 1 fully saturated rings. The topological polar surface area (TPSA) is 29.9 Å². The summed E-state index contributed by atoms with van der Waals surface area (Å²) >= 11 is 2.11. The summed E-state index contributed by atoms with van der Waals surface area (Å²) in [5, 5.41) is 8.84. The summed E-state index contributed by atoms with van der Waals surface area (Å²) in [6.45, 7) is 6.31. The Kier molecular flexibility index (Phi) is 4.92. The molecule has 3 nitrogen and oxygen atoms in total. The fourth-order valence-electron chi connectivity index (χ4n) is 2.60. The van der Waals surface area contributed by atoms with Crippen molar-refractivity contribution in [2.24, 2.45) is 0 Å². The quantitative estimate of drug-likeness (QED) is 0.845. The van der Waals surface area contributed by atoms with Gasteiger partial charge in [-0.3, -0.25) is 4.68 Å². The number of aryl methyl sites for hydroxylation is 1. The molecule has 1 aromatic rings. The lowest BCUT2D eigenvalue weighted by molar-refractivity contribution is 0.504. The summed E-state index contributed by atoms with van der Waals surface area (Å²) in [6, 6.07) is 2.81. The zero-order chi connectivity index (χ0) is 12.1. The van der Waals surface area contributed by atoms with Crippen molar-refractivity contribution in [3.63, 3.8) is 0 Å². The minimum atomic E-state index is 0.695. The molecule has 2 unspecified atom stereocenters. The molecule has 1 aliphatic carbocycles. The Morgan fingerprint density at radius 2 is 2.35 bits per heavy atom. The van der Waals surface area contributed by atoms with Gasteiger partial charge >= 0.3 is 0 Å². The van der Waals surface area contributed by atoms with Crippen LogP contribution in [0.5, 0.6) is 0 Å². The minimum Gasteiger partial charge on any atom is -0.307 e. The Bertz CT molecular complexity index is 337. The van der Waals surface area contributed by atoms with Crippen LogP contribution in [0.4, 0.5) is 0 Å². The average Bonchev–Trinajstić information content (AvgIpc) is 2.95. The highest BCUT2D eigenvalue weighted by molar-refractivity contribution is 7.99. The molecule has 1 heterocycles. The first-order valence-electron chi connectivity index (χ1n) is 6.70. The lowest BCUT2D eigenvalue weighted by Gasteiger charge is -2.20. The van der Waals surface area contributed by atoms with Crippen LogP contribution in [0.3, 0.4) is 0 Å². The van der Waals surface area contributed by atoms with Crippen molar-refractivity contribution in [3.8, 4) is 0 Å². The molecule has 2 rings (SSSR count). The van der Waals surface area contributed by atoms with Crippen LogP contribution in [0.1, 0.15) is 38.8 Å². The highest BCUT2D eigenvalue weighted by Crippen LogP contribution is 2.29. The molecule has 2 atom stereocenters. The molecule has 4 heteroatoms. The van der Waals surface area contributed by atoms with Gasteiger partial charge in [-0.1, -0.05) is 13.3 Å². The van der Waals surface area contributed by atoms with Gasteiger partial charge in [0.25, 0.3) is 0 Å². The number of aromatic nitrogens is 2. The Morgan fingerprint density at radius 3 is 3.12 bits per heavy atom. The van der Waals surface area contributed by atoms with Crippen molar-refractivity contribution in [1.29, 1.82) is 0 Å².